The summed E-state index contributed by atoms with van der Waals surface area (Å²) in [5.74, 6) is 1.25. The van der Waals surface area contributed by atoms with Crippen molar-refractivity contribution in [3.05, 3.63) is 29.8 Å². The third kappa shape index (κ3) is 5.45. The van der Waals surface area contributed by atoms with Crippen LogP contribution in [-0.2, 0) is 0 Å². The van der Waals surface area contributed by atoms with Gasteiger partial charge in [0.2, 0.25) is 0 Å². The Morgan fingerprint density at radius 3 is 2.57 bits per heavy atom. The number of likely N-dealkylation sites (N-methyl/N-ethyl adjacent to an activating group) is 1. The van der Waals surface area contributed by atoms with Crippen LogP contribution in [0.5, 0.6) is 5.75 Å². The van der Waals surface area contributed by atoms with Crippen LogP contribution in [0.1, 0.15) is 24.9 Å². The molecule has 120 valence electrons. The predicted octanol–water partition coefficient (Wildman–Crippen LogP) is 3.36. The fourth-order valence-corrected chi connectivity index (χ4v) is 2.85. The summed E-state index contributed by atoms with van der Waals surface area (Å²) in [6.07, 6.45) is 3.09. The van der Waals surface area contributed by atoms with Crippen LogP contribution in [0.15, 0.2) is 24.3 Å². The van der Waals surface area contributed by atoms with Gasteiger partial charge in [0.15, 0.2) is 0 Å². The lowest BCUT2D eigenvalue weighted by molar-refractivity contribution is -0.0512. The number of thioether (sulfide) groups is 1. The maximum absolute atomic E-state index is 12.5. The first-order chi connectivity index (χ1) is 10.0. The molecule has 0 spiro atoms. The van der Waals surface area contributed by atoms with E-state index in [1.54, 1.807) is 30.0 Å². The molecule has 2 unspecified atom stereocenters. The van der Waals surface area contributed by atoms with Gasteiger partial charge in [0, 0.05) is 18.2 Å². The summed E-state index contributed by atoms with van der Waals surface area (Å²) in [4.78, 5) is 2.13. The quantitative estimate of drug-likeness (QED) is 0.758. The zero-order chi connectivity index (χ0) is 15.8. The highest BCUT2D eigenvalue weighted by Gasteiger charge is 2.23. The molecule has 1 aromatic carbocycles. The second kappa shape index (κ2) is 9.23. The minimum absolute atomic E-state index is 0.142. The largest absolute Gasteiger partial charge is 0.434 e. The molecule has 0 amide bonds. The number of para-hydroxylation sites is 1. The summed E-state index contributed by atoms with van der Waals surface area (Å²) in [6, 6.07) is 7.03. The van der Waals surface area contributed by atoms with Gasteiger partial charge < -0.3 is 10.5 Å². The van der Waals surface area contributed by atoms with E-state index in [0.29, 0.717) is 18.2 Å². The molecule has 0 radical (unpaired) electrons. The summed E-state index contributed by atoms with van der Waals surface area (Å²) < 4.78 is 29.7. The predicted molar refractivity (Wildman–Crippen MR) is 85.1 cm³/mol. The van der Waals surface area contributed by atoms with Crippen LogP contribution in [0.3, 0.4) is 0 Å². The number of halogens is 2. The van der Waals surface area contributed by atoms with Crippen molar-refractivity contribution in [1.29, 1.82) is 0 Å². The Morgan fingerprint density at radius 1 is 1.33 bits per heavy atom. The van der Waals surface area contributed by atoms with Crippen molar-refractivity contribution >= 4 is 11.8 Å². The highest BCUT2D eigenvalue weighted by atomic mass is 32.2. The van der Waals surface area contributed by atoms with Gasteiger partial charge in [0.1, 0.15) is 5.75 Å². The number of alkyl halides is 2. The molecule has 3 nitrogen and oxygen atoms in total. The van der Waals surface area contributed by atoms with Gasteiger partial charge in [-0.2, -0.15) is 20.5 Å². The molecule has 1 aromatic rings. The number of ether oxygens (including phenoxy) is 1. The molecule has 0 saturated carbocycles. The van der Waals surface area contributed by atoms with E-state index < -0.39 is 6.61 Å². The zero-order valence-corrected chi connectivity index (χ0v) is 13.6. The monoisotopic (exact) mass is 318 g/mol. The molecule has 0 saturated heterocycles. The van der Waals surface area contributed by atoms with Gasteiger partial charge >= 0.3 is 6.61 Å². The molecular weight excluding hydrogens is 294 g/mol. The van der Waals surface area contributed by atoms with Gasteiger partial charge in [-0.25, -0.2) is 0 Å². The van der Waals surface area contributed by atoms with Gasteiger partial charge in [-0.3, -0.25) is 4.90 Å². The Morgan fingerprint density at radius 2 is 2.00 bits per heavy atom. The second-order valence-corrected chi connectivity index (χ2v) is 5.95. The van der Waals surface area contributed by atoms with E-state index in [9.17, 15) is 8.78 Å². The van der Waals surface area contributed by atoms with Crippen molar-refractivity contribution in [3.63, 3.8) is 0 Å². The van der Waals surface area contributed by atoms with E-state index in [1.807, 2.05) is 13.1 Å². The first kappa shape index (κ1) is 18.2. The number of nitrogens with two attached hydrogens (primary N) is 1. The number of hydrogen-bond acceptors (Lipinski definition) is 4. The molecule has 21 heavy (non-hydrogen) atoms. The van der Waals surface area contributed by atoms with Crippen LogP contribution in [-0.4, -0.2) is 43.2 Å². The molecule has 0 aromatic heterocycles. The number of rotatable bonds is 9. The van der Waals surface area contributed by atoms with E-state index in [-0.39, 0.29) is 11.8 Å². The highest BCUT2D eigenvalue weighted by Crippen LogP contribution is 2.30. The first-order valence-electron chi connectivity index (χ1n) is 6.95. The van der Waals surface area contributed by atoms with Gasteiger partial charge in [0.25, 0.3) is 0 Å². The van der Waals surface area contributed by atoms with Crippen molar-refractivity contribution < 1.29 is 13.5 Å². The molecule has 0 aliphatic rings. The zero-order valence-electron chi connectivity index (χ0n) is 12.8. The van der Waals surface area contributed by atoms with Gasteiger partial charge in [-0.15, -0.1) is 0 Å². The van der Waals surface area contributed by atoms with Crippen molar-refractivity contribution in [3.8, 4) is 5.75 Å². The second-order valence-electron chi connectivity index (χ2n) is 4.96. The van der Waals surface area contributed by atoms with Crippen molar-refractivity contribution in [1.82, 2.24) is 4.90 Å². The Hall–Kier alpha value is -0.850. The topological polar surface area (TPSA) is 38.5 Å². The van der Waals surface area contributed by atoms with Crippen LogP contribution in [0.2, 0.25) is 0 Å². The first-order valence-corrected chi connectivity index (χ1v) is 8.35. The number of benzene rings is 1. The molecule has 1 rings (SSSR count). The molecule has 0 fully saturated rings. The summed E-state index contributed by atoms with van der Waals surface area (Å²) >= 11 is 1.79. The fourth-order valence-electron chi connectivity index (χ4n) is 2.27. The van der Waals surface area contributed by atoms with E-state index >= 15 is 0 Å². The average molecular weight is 318 g/mol. The van der Waals surface area contributed by atoms with Crippen LogP contribution < -0.4 is 10.5 Å². The van der Waals surface area contributed by atoms with Crippen LogP contribution in [0.4, 0.5) is 8.78 Å². The third-order valence-corrected chi connectivity index (χ3v) is 4.29. The minimum Gasteiger partial charge on any atom is -0.434 e. The molecule has 0 aliphatic carbocycles. The van der Waals surface area contributed by atoms with Crippen molar-refractivity contribution in [2.24, 2.45) is 5.73 Å². The normalized spacial score (nSPS) is 14.5. The molecular formula is C15H24F2N2OS. The highest BCUT2D eigenvalue weighted by molar-refractivity contribution is 7.98. The van der Waals surface area contributed by atoms with E-state index in [0.717, 1.165) is 12.2 Å². The number of hydrogen-bond donors (Lipinski definition) is 1. The minimum atomic E-state index is -2.83. The third-order valence-electron chi connectivity index (χ3n) is 3.64. The smallest absolute Gasteiger partial charge is 0.387 e. The molecule has 2 atom stereocenters. The molecule has 0 heterocycles. The summed E-state index contributed by atoms with van der Waals surface area (Å²) in [6.45, 7) is -0.358. The number of nitrogens with zero attached hydrogens (tertiary/aromatic N) is 1. The fraction of sp³-hybridized carbons (Fsp3) is 0.600. The standard InChI is InChI=1S/C15H24F2N2OS/c1-11(8-9-21-3)19(2)13(10-18)12-6-4-5-7-14(12)20-15(16)17/h4-7,11,13,15H,8-10,18H2,1-3H3. The van der Waals surface area contributed by atoms with Gasteiger partial charge in [0.05, 0.1) is 6.04 Å². The average Bonchev–Trinajstić information content (AvgIpc) is 2.46. The lowest BCUT2D eigenvalue weighted by atomic mass is 10.0. The molecule has 0 aliphatic heterocycles. The van der Waals surface area contributed by atoms with E-state index in [2.05, 4.69) is 22.8 Å². The Kier molecular flexibility index (Phi) is 8.00. The lowest BCUT2D eigenvalue weighted by Gasteiger charge is -2.33. The summed E-state index contributed by atoms with van der Waals surface area (Å²) in [5.41, 5.74) is 6.59. The molecule has 6 heteroatoms. The van der Waals surface area contributed by atoms with Gasteiger partial charge in [-0.05, 0) is 38.5 Å². The Bertz CT molecular complexity index is 420. The van der Waals surface area contributed by atoms with Gasteiger partial charge in [-0.1, -0.05) is 18.2 Å². The van der Waals surface area contributed by atoms with Crippen LogP contribution in [0, 0.1) is 0 Å². The maximum atomic E-state index is 12.5. The summed E-state index contributed by atoms with van der Waals surface area (Å²) in [7, 11) is 1.97. The van der Waals surface area contributed by atoms with Crippen LogP contribution in [0.25, 0.3) is 0 Å². The maximum Gasteiger partial charge on any atom is 0.387 e. The lowest BCUT2D eigenvalue weighted by Crippen LogP contribution is -2.37. The van der Waals surface area contributed by atoms with Crippen molar-refractivity contribution in [2.75, 3.05) is 25.6 Å². The Balaban J connectivity index is 2.93. The van der Waals surface area contributed by atoms with E-state index in [1.165, 1.54) is 0 Å². The SMILES string of the molecule is CSCCC(C)N(C)C(CN)c1ccccc1OC(F)F. The molecule has 0 bridgehead atoms. The van der Waals surface area contributed by atoms with E-state index in [4.69, 9.17) is 5.73 Å². The van der Waals surface area contributed by atoms with Crippen molar-refractivity contribution in [2.45, 2.75) is 32.0 Å². The molecule has 2 N–H and O–H groups in total. The van der Waals surface area contributed by atoms with Crippen LogP contribution >= 0.6 is 11.8 Å². The Labute approximate surface area is 129 Å². The summed E-state index contributed by atoms with van der Waals surface area (Å²) in [5, 5.41) is 0.